The molecule has 4 heteroatoms. The summed E-state index contributed by atoms with van der Waals surface area (Å²) >= 11 is 0. The molecule has 0 saturated heterocycles. The maximum absolute atomic E-state index is 9.23. The van der Waals surface area contributed by atoms with E-state index in [9.17, 15) is 5.11 Å². The van der Waals surface area contributed by atoms with Crippen molar-refractivity contribution < 1.29 is 5.11 Å². The Morgan fingerprint density at radius 1 is 1.13 bits per heavy atom. The van der Waals surface area contributed by atoms with Gasteiger partial charge in [0.05, 0.1) is 0 Å². The molecule has 0 bridgehead atoms. The maximum Gasteiger partial charge on any atom is 0.159 e. The highest BCUT2D eigenvalue weighted by Gasteiger charge is 2.32. The minimum Gasteiger partial charge on any atom is -0.388 e. The van der Waals surface area contributed by atoms with Crippen molar-refractivity contribution in [1.29, 1.82) is 0 Å². The molecule has 0 aromatic carbocycles. The molecule has 2 aliphatic carbocycles. The van der Waals surface area contributed by atoms with Gasteiger partial charge in [0.15, 0.2) is 5.82 Å². The van der Waals surface area contributed by atoms with Crippen molar-refractivity contribution in [2.45, 2.75) is 57.1 Å². The molecule has 4 nitrogen and oxygen atoms in total. The lowest BCUT2D eigenvalue weighted by molar-refractivity contribution is 0.264. The average molecular weight is 207 g/mol. The molecule has 82 valence electrons. The van der Waals surface area contributed by atoms with Gasteiger partial charge < -0.3 is 9.67 Å². The topological polar surface area (TPSA) is 50.9 Å². The highest BCUT2D eigenvalue weighted by Crippen LogP contribution is 2.41. The SMILES string of the molecule is OCc1nnc(C2CCCC2)n1C1CC1. The van der Waals surface area contributed by atoms with Crippen LogP contribution in [-0.4, -0.2) is 19.9 Å². The van der Waals surface area contributed by atoms with Crippen molar-refractivity contribution in [2.75, 3.05) is 0 Å². The zero-order valence-corrected chi connectivity index (χ0v) is 8.89. The van der Waals surface area contributed by atoms with Gasteiger partial charge in [-0.1, -0.05) is 12.8 Å². The fraction of sp³-hybridized carbons (Fsp3) is 0.818. The van der Waals surface area contributed by atoms with Crippen LogP contribution in [0.2, 0.25) is 0 Å². The van der Waals surface area contributed by atoms with Crippen LogP contribution in [-0.2, 0) is 6.61 Å². The molecular formula is C11H17N3O. The van der Waals surface area contributed by atoms with Crippen LogP contribution in [0.25, 0.3) is 0 Å². The van der Waals surface area contributed by atoms with E-state index in [1.807, 2.05) is 0 Å². The Kier molecular flexibility index (Phi) is 2.24. The van der Waals surface area contributed by atoms with Crippen molar-refractivity contribution in [3.8, 4) is 0 Å². The Bertz CT molecular complexity index is 351. The molecule has 2 aliphatic rings. The molecule has 0 atom stereocenters. The summed E-state index contributed by atoms with van der Waals surface area (Å²) in [5.41, 5.74) is 0. The first-order valence-electron chi connectivity index (χ1n) is 5.94. The Labute approximate surface area is 89.3 Å². The van der Waals surface area contributed by atoms with Gasteiger partial charge in [0.25, 0.3) is 0 Å². The minimum absolute atomic E-state index is 0.0240. The Morgan fingerprint density at radius 3 is 2.47 bits per heavy atom. The summed E-state index contributed by atoms with van der Waals surface area (Å²) in [6, 6.07) is 0.581. The zero-order valence-electron chi connectivity index (χ0n) is 8.89. The fourth-order valence-corrected chi connectivity index (χ4v) is 2.64. The second-order valence-corrected chi connectivity index (χ2v) is 4.72. The van der Waals surface area contributed by atoms with E-state index in [4.69, 9.17) is 0 Å². The second-order valence-electron chi connectivity index (χ2n) is 4.72. The van der Waals surface area contributed by atoms with E-state index in [1.54, 1.807) is 0 Å². The van der Waals surface area contributed by atoms with Gasteiger partial charge in [-0.15, -0.1) is 10.2 Å². The third kappa shape index (κ3) is 1.57. The van der Waals surface area contributed by atoms with E-state index < -0.39 is 0 Å². The third-order valence-electron chi connectivity index (χ3n) is 3.57. The first kappa shape index (κ1) is 9.33. The first-order chi connectivity index (χ1) is 7.40. The highest BCUT2D eigenvalue weighted by atomic mass is 16.3. The number of nitrogens with zero attached hydrogens (tertiary/aromatic N) is 3. The van der Waals surface area contributed by atoms with Gasteiger partial charge in [0.1, 0.15) is 12.4 Å². The zero-order chi connectivity index (χ0) is 10.3. The molecule has 1 aromatic heterocycles. The molecule has 0 unspecified atom stereocenters. The van der Waals surface area contributed by atoms with Crippen LogP contribution in [0.4, 0.5) is 0 Å². The van der Waals surface area contributed by atoms with Crippen LogP contribution in [0.15, 0.2) is 0 Å². The maximum atomic E-state index is 9.23. The fourth-order valence-electron chi connectivity index (χ4n) is 2.64. The molecule has 1 aromatic rings. The number of hydrogen-bond acceptors (Lipinski definition) is 3. The normalized spacial score (nSPS) is 22.5. The molecule has 0 radical (unpaired) electrons. The molecule has 1 N–H and O–H groups in total. The van der Waals surface area contributed by atoms with Crippen molar-refractivity contribution in [3.05, 3.63) is 11.6 Å². The lowest BCUT2D eigenvalue weighted by Gasteiger charge is -2.12. The van der Waals surface area contributed by atoms with E-state index in [-0.39, 0.29) is 6.61 Å². The summed E-state index contributed by atoms with van der Waals surface area (Å²) in [5.74, 6) is 2.50. The molecule has 0 aliphatic heterocycles. The first-order valence-corrected chi connectivity index (χ1v) is 5.94. The summed E-state index contributed by atoms with van der Waals surface area (Å²) in [7, 11) is 0. The molecule has 0 spiro atoms. The largest absolute Gasteiger partial charge is 0.388 e. The molecule has 2 saturated carbocycles. The van der Waals surface area contributed by atoms with Crippen molar-refractivity contribution >= 4 is 0 Å². The minimum atomic E-state index is 0.0240. The van der Waals surface area contributed by atoms with Gasteiger partial charge in [-0.2, -0.15) is 0 Å². The molecule has 1 heterocycles. The van der Waals surface area contributed by atoms with Crippen LogP contribution in [0.5, 0.6) is 0 Å². The van der Waals surface area contributed by atoms with Crippen LogP contribution in [0.1, 0.15) is 62.1 Å². The number of rotatable bonds is 3. The molecule has 0 amide bonds. The van der Waals surface area contributed by atoms with Crippen LogP contribution >= 0.6 is 0 Å². The number of aromatic nitrogens is 3. The average Bonchev–Trinajstić information content (AvgIpc) is 2.83. The van der Waals surface area contributed by atoms with Crippen molar-refractivity contribution in [2.24, 2.45) is 0 Å². The lowest BCUT2D eigenvalue weighted by atomic mass is 10.1. The quantitative estimate of drug-likeness (QED) is 0.821. The monoisotopic (exact) mass is 207 g/mol. The summed E-state index contributed by atoms with van der Waals surface area (Å²) < 4.78 is 2.20. The van der Waals surface area contributed by atoms with Gasteiger partial charge >= 0.3 is 0 Å². The van der Waals surface area contributed by atoms with Crippen LogP contribution in [0.3, 0.4) is 0 Å². The van der Waals surface area contributed by atoms with Crippen molar-refractivity contribution in [3.63, 3.8) is 0 Å². The summed E-state index contributed by atoms with van der Waals surface area (Å²) in [4.78, 5) is 0. The van der Waals surface area contributed by atoms with Gasteiger partial charge in [-0.05, 0) is 25.7 Å². The smallest absolute Gasteiger partial charge is 0.159 e. The van der Waals surface area contributed by atoms with E-state index in [0.717, 1.165) is 11.6 Å². The Hall–Kier alpha value is -0.900. The van der Waals surface area contributed by atoms with Gasteiger partial charge in [0.2, 0.25) is 0 Å². The number of aliphatic hydroxyl groups excluding tert-OH is 1. The molecule has 2 fully saturated rings. The van der Waals surface area contributed by atoms with Gasteiger partial charge in [0, 0.05) is 12.0 Å². The van der Waals surface area contributed by atoms with E-state index in [0.29, 0.717) is 12.0 Å². The molecule has 3 rings (SSSR count). The number of hydrogen-bond donors (Lipinski definition) is 1. The van der Waals surface area contributed by atoms with Gasteiger partial charge in [-0.25, -0.2) is 0 Å². The summed E-state index contributed by atoms with van der Waals surface area (Å²) in [6.07, 6.45) is 7.58. The predicted molar refractivity (Wildman–Crippen MR) is 55.4 cm³/mol. The Balaban J connectivity index is 1.94. The van der Waals surface area contributed by atoms with E-state index >= 15 is 0 Å². The van der Waals surface area contributed by atoms with E-state index in [1.165, 1.54) is 38.5 Å². The predicted octanol–water partition coefficient (Wildman–Crippen LogP) is 1.76. The van der Waals surface area contributed by atoms with Crippen molar-refractivity contribution in [1.82, 2.24) is 14.8 Å². The second kappa shape index (κ2) is 3.59. The molecule has 15 heavy (non-hydrogen) atoms. The number of aliphatic hydroxyl groups is 1. The standard InChI is InChI=1S/C11H17N3O/c15-7-10-12-13-11(8-3-1-2-4-8)14(10)9-5-6-9/h8-9,15H,1-7H2. The summed E-state index contributed by atoms with van der Waals surface area (Å²) in [6.45, 7) is 0.0240. The van der Waals surface area contributed by atoms with E-state index in [2.05, 4.69) is 14.8 Å². The van der Waals surface area contributed by atoms with Crippen LogP contribution < -0.4 is 0 Å². The Morgan fingerprint density at radius 2 is 1.87 bits per heavy atom. The highest BCUT2D eigenvalue weighted by molar-refractivity contribution is 5.08. The lowest BCUT2D eigenvalue weighted by Crippen LogP contribution is -2.08. The van der Waals surface area contributed by atoms with Gasteiger partial charge in [-0.3, -0.25) is 0 Å². The molecular weight excluding hydrogens is 190 g/mol. The summed E-state index contributed by atoms with van der Waals surface area (Å²) in [5, 5.41) is 17.6. The van der Waals surface area contributed by atoms with Crippen LogP contribution in [0, 0.1) is 0 Å². The third-order valence-corrected chi connectivity index (χ3v) is 3.57.